The number of hydrogen-bond donors (Lipinski definition) is 1. The van der Waals surface area contributed by atoms with Crippen molar-refractivity contribution in [3.05, 3.63) is 40.3 Å². The number of nitrogens with one attached hydrogen (secondary N) is 1. The summed E-state index contributed by atoms with van der Waals surface area (Å²) in [6.45, 7) is 5.80. The third-order valence-electron chi connectivity index (χ3n) is 3.20. The fraction of sp³-hybridized carbons (Fsp3) is 0.438. The van der Waals surface area contributed by atoms with Gasteiger partial charge in [-0.05, 0) is 40.1 Å². The third kappa shape index (κ3) is 4.72. The molecule has 21 heavy (non-hydrogen) atoms. The Kier molecular flexibility index (Phi) is 5.59. The van der Waals surface area contributed by atoms with E-state index in [1.165, 1.54) is 4.88 Å². The molecule has 1 N–H and O–H groups in total. The summed E-state index contributed by atoms with van der Waals surface area (Å²) in [5.41, 5.74) is 4.06. The van der Waals surface area contributed by atoms with Crippen molar-refractivity contribution in [3.8, 4) is 5.75 Å². The van der Waals surface area contributed by atoms with Crippen molar-refractivity contribution in [1.29, 1.82) is 0 Å². The number of anilines is 1. The van der Waals surface area contributed by atoms with Gasteiger partial charge < -0.3 is 15.0 Å². The lowest BCUT2D eigenvalue weighted by atomic mass is 10.2. The number of rotatable bonds is 7. The number of benzene rings is 1. The van der Waals surface area contributed by atoms with Crippen LogP contribution in [0, 0.1) is 6.92 Å². The maximum absolute atomic E-state index is 5.76. The van der Waals surface area contributed by atoms with E-state index in [4.69, 9.17) is 4.74 Å². The van der Waals surface area contributed by atoms with E-state index < -0.39 is 0 Å². The Labute approximate surface area is 130 Å². The highest BCUT2D eigenvalue weighted by molar-refractivity contribution is 7.09. The summed E-state index contributed by atoms with van der Waals surface area (Å²) >= 11 is 1.69. The topological polar surface area (TPSA) is 37.4 Å². The van der Waals surface area contributed by atoms with Gasteiger partial charge in [0.05, 0.1) is 17.2 Å². The number of nitrogens with zero attached hydrogens (tertiary/aromatic N) is 2. The number of likely N-dealkylation sites (N-methyl/N-ethyl adjacent to an activating group) is 1. The minimum atomic E-state index is 0.245. The number of aryl methyl sites for hydroxylation is 1. The summed E-state index contributed by atoms with van der Waals surface area (Å²) in [7, 11) is 4.08. The van der Waals surface area contributed by atoms with E-state index in [0.29, 0.717) is 6.61 Å². The van der Waals surface area contributed by atoms with Gasteiger partial charge in [0.15, 0.2) is 0 Å². The van der Waals surface area contributed by atoms with E-state index in [0.717, 1.165) is 23.7 Å². The van der Waals surface area contributed by atoms with Crippen LogP contribution < -0.4 is 10.1 Å². The molecule has 0 saturated carbocycles. The summed E-state index contributed by atoms with van der Waals surface area (Å²) in [6, 6.07) is 8.35. The predicted octanol–water partition coefficient (Wildman–Crippen LogP) is 3.57. The van der Waals surface area contributed by atoms with Gasteiger partial charge in [-0.25, -0.2) is 4.98 Å². The molecule has 0 aliphatic rings. The van der Waals surface area contributed by atoms with Crippen molar-refractivity contribution in [2.24, 2.45) is 0 Å². The normalized spacial score (nSPS) is 12.4. The quantitative estimate of drug-likeness (QED) is 0.848. The highest BCUT2D eigenvalue weighted by atomic mass is 32.1. The third-order valence-corrected chi connectivity index (χ3v) is 4.31. The first-order valence-corrected chi connectivity index (χ1v) is 7.98. The molecule has 1 atom stereocenters. The van der Waals surface area contributed by atoms with Crippen LogP contribution in [0.25, 0.3) is 0 Å². The zero-order valence-electron chi connectivity index (χ0n) is 13.1. The van der Waals surface area contributed by atoms with E-state index in [1.807, 2.05) is 44.7 Å². The van der Waals surface area contributed by atoms with Gasteiger partial charge in [-0.1, -0.05) is 6.07 Å². The summed E-state index contributed by atoms with van der Waals surface area (Å²) < 4.78 is 5.76. The van der Waals surface area contributed by atoms with Crippen LogP contribution in [0.5, 0.6) is 5.75 Å². The van der Waals surface area contributed by atoms with Crippen LogP contribution in [-0.2, 0) is 0 Å². The van der Waals surface area contributed by atoms with Crippen molar-refractivity contribution in [3.63, 3.8) is 0 Å². The number of thiazole rings is 1. The molecule has 1 aromatic carbocycles. The second-order valence-corrected chi connectivity index (χ2v) is 6.23. The second-order valence-electron chi connectivity index (χ2n) is 5.35. The molecule has 0 saturated heterocycles. The van der Waals surface area contributed by atoms with Crippen LogP contribution >= 0.6 is 11.3 Å². The van der Waals surface area contributed by atoms with Gasteiger partial charge in [0.2, 0.25) is 0 Å². The van der Waals surface area contributed by atoms with E-state index in [1.54, 1.807) is 11.3 Å². The summed E-state index contributed by atoms with van der Waals surface area (Å²) in [4.78, 5) is 7.68. The summed E-state index contributed by atoms with van der Waals surface area (Å²) in [5, 5.41) is 3.50. The Morgan fingerprint density at radius 2 is 2.19 bits per heavy atom. The second kappa shape index (κ2) is 7.43. The molecule has 5 heteroatoms. The molecule has 0 spiro atoms. The Morgan fingerprint density at radius 3 is 2.86 bits per heavy atom. The van der Waals surface area contributed by atoms with E-state index >= 15 is 0 Å². The summed E-state index contributed by atoms with van der Waals surface area (Å²) in [5.74, 6) is 0.898. The number of ether oxygens (including phenoxy) is 1. The maximum Gasteiger partial charge on any atom is 0.121 e. The fourth-order valence-corrected chi connectivity index (χ4v) is 2.87. The van der Waals surface area contributed by atoms with Crippen LogP contribution in [0.15, 0.2) is 29.8 Å². The van der Waals surface area contributed by atoms with Gasteiger partial charge in [-0.3, -0.25) is 0 Å². The first-order valence-electron chi connectivity index (χ1n) is 7.10. The molecule has 0 fully saturated rings. The molecule has 0 radical (unpaired) electrons. The first kappa shape index (κ1) is 15.8. The highest BCUT2D eigenvalue weighted by Gasteiger charge is 2.11. The molecule has 1 heterocycles. The molecule has 1 unspecified atom stereocenters. The van der Waals surface area contributed by atoms with Crippen LogP contribution in [-0.4, -0.2) is 37.1 Å². The zero-order chi connectivity index (χ0) is 15.2. The van der Waals surface area contributed by atoms with Crippen molar-refractivity contribution < 1.29 is 4.74 Å². The van der Waals surface area contributed by atoms with Gasteiger partial charge in [-0.15, -0.1) is 11.3 Å². The highest BCUT2D eigenvalue weighted by Crippen LogP contribution is 2.26. The lowest BCUT2D eigenvalue weighted by Crippen LogP contribution is -2.19. The molecule has 4 nitrogen and oxygen atoms in total. The Hall–Kier alpha value is -1.59. The fourth-order valence-electron chi connectivity index (χ4n) is 2.06. The Morgan fingerprint density at radius 1 is 1.38 bits per heavy atom. The number of aromatic nitrogens is 1. The van der Waals surface area contributed by atoms with E-state index in [-0.39, 0.29) is 6.04 Å². The van der Waals surface area contributed by atoms with Crippen molar-refractivity contribution in [1.82, 2.24) is 9.88 Å². The SMILES string of the molecule is Cc1ncsc1C(C)Nc1cccc(OCCN(C)C)c1. The lowest BCUT2D eigenvalue weighted by molar-refractivity contribution is 0.261. The molecule has 0 bridgehead atoms. The Balaban J connectivity index is 1.96. The zero-order valence-corrected chi connectivity index (χ0v) is 13.9. The molecule has 0 aliphatic carbocycles. The van der Waals surface area contributed by atoms with Gasteiger partial charge in [-0.2, -0.15) is 0 Å². The van der Waals surface area contributed by atoms with Crippen LogP contribution in [0.1, 0.15) is 23.5 Å². The first-order chi connectivity index (χ1) is 10.1. The standard InChI is InChI=1S/C16H23N3OS/c1-12-16(21-11-17-12)13(2)18-14-6-5-7-15(10-14)20-9-8-19(3)4/h5-7,10-11,13,18H,8-9H2,1-4H3. The van der Waals surface area contributed by atoms with Gasteiger partial charge in [0, 0.05) is 23.2 Å². The molecule has 114 valence electrons. The van der Waals surface area contributed by atoms with Gasteiger partial charge >= 0.3 is 0 Å². The van der Waals surface area contributed by atoms with Crippen LogP contribution in [0.3, 0.4) is 0 Å². The molecule has 2 rings (SSSR count). The van der Waals surface area contributed by atoms with Crippen LogP contribution in [0.2, 0.25) is 0 Å². The van der Waals surface area contributed by atoms with E-state index in [2.05, 4.69) is 28.2 Å². The average molecular weight is 305 g/mol. The molecular weight excluding hydrogens is 282 g/mol. The van der Waals surface area contributed by atoms with Crippen molar-refractivity contribution >= 4 is 17.0 Å². The monoisotopic (exact) mass is 305 g/mol. The minimum absolute atomic E-state index is 0.245. The molecule has 0 aliphatic heterocycles. The van der Waals surface area contributed by atoms with Crippen molar-refractivity contribution in [2.45, 2.75) is 19.9 Å². The molecule has 2 aromatic rings. The molecule has 1 aromatic heterocycles. The molecular formula is C16H23N3OS. The van der Waals surface area contributed by atoms with Crippen molar-refractivity contribution in [2.75, 3.05) is 32.6 Å². The minimum Gasteiger partial charge on any atom is -0.492 e. The van der Waals surface area contributed by atoms with Crippen LogP contribution in [0.4, 0.5) is 5.69 Å². The smallest absolute Gasteiger partial charge is 0.121 e. The summed E-state index contributed by atoms with van der Waals surface area (Å²) in [6.07, 6.45) is 0. The predicted molar refractivity (Wildman–Crippen MR) is 89.4 cm³/mol. The average Bonchev–Trinajstić information content (AvgIpc) is 2.85. The molecule has 0 amide bonds. The lowest BCUT2D eigenvalue weighted by Gasteiger charge is -2.16. The largest absolute Gasteiger partial charge is 0.492 e. The Bertz CT molecular complexity index is 568. The van der Waals surface area contributed by atoms with Gasteiger partial charge in [0.25, 0.3) is 0 Å². The van der Waals surface area contributed by atoms with Gasteiger partial charge in [0.1, 0.15) is 12.4 Å². The maximum atomic E-state index is 5.76. The number of hydrogen-bond acceptors (Lipinski definition) is 5. The van der Waals surface area contributed by atoms with E-state index in [9.17, 15) is 0 Å².